The molecule has 0 N–H and O–H groups in total. The summed E-state index contributed by atoms with van der Waals surface area (Å²) in [4.78, 5) is 2.40. The molecule has 0 unspecified atom stereocenters. The maximum absolute atomic E-state index is 4.40. The molecule has 0 radical (unpaired) electrons. The molecule has 2 nitrogen and oxygen atoms in total. The highest BCUT2D eigenvalue weighted by Gasteiger charge is 2.51. The Morgan fingerprint density at radius 2 is 0.838 bits per heavy atom. The molecule has 15 rings (SSSR count). The molecule has 3 aliphatic rings. The number of fused-ring (bicyclic) bond motifs is 13. The number of nitrogens with zero attached hydrogens (tertiary/aromatic N) is 2. The number of anilines is 3. The SMILES string of the molecule is C=CC1=C(/C=C\C)C2(c3cc(-c4ccc(N(c5ccc(-c6ccc7c(c6)C(C)(C)c6ccccc6-7)cc5)c5ccc(-c6ccc7c(c6)c6cc(C)ccc6n7-c6ccccc6)cc5)cc4)ccc31)c1ccccc1-c1ccccc12. The molecule has 80 heavy (non-hydrogen) atoms. The zero-order chi connectivity index (χ0) is 53.9. The van der Waals surface area contributed by atoms with E-state index in [0.29, 0.717) is 0 Å². The molecule has 1 spiro atoms. The fourth-order valence-corrected chi connectivity index (χ4v) is 14.1. The van der Waals surface area contributed by atoms with E-state index in [9.17, 15) is 0 Å². The smallest absolute Gasteiger partial charge is 0.0725 e. The third-order valence-electron chi connectivity index (χ3n) is 17.8. The predicted octanol–water partition coefficient (Wildman–Crippen LogP) is 20.7. The van der Waals surface area contributed by atoms with Gasteiger partial charge in [-0.25, -0.2) is 0 Å². The van der Waals surface area contributed by atoms with E-state index >= 15 is 0 Å². The van der Waals surface area contributed by atoms with Gasteiger partial charge in [0.1, 0.15) is 0 Å². The molecular weight excluding hydrogens is 965 g/mol. The van der Waals surface area contributed by atoms with Crippen LogP contribution in [0.4, 0.5) is 17.1 Å². The molecule has 12 aromatic rings. The number of allylic oxidation sites excluding steroid dienone is 5. The second-order valence-electron chi connectivity index (χ2n) is 22.5. The van der Waals surface area contributed by atoms with Crippen molar-refractivity contribution in [1.82, 2.24) is 4.57 Å². The molecular formula is C78H58N2. The molecule has 3 aliphatic carbocycles. The average molecular weight is 1020 g/mol. The summed E-state index contributed by atoms with van der Waals surface area (Å²) in [6.07, 6.45) is 6.56. The number of para-hydroxylation sites is 1. The van der Waals surface area contributed by atoms with Crippen LogP contribution in [0.15, 0.2) is 279 Å². The minimum absolute atomic E-state index is 0.0713. The fourth-order valence-electron chi connectivity index (χ4n) is 14.1. The van der Waals surface area contributed by atoms with Crippen molar-refractivity contribution in [2.24, 2.45) is 0 Å². The third kappa shape index (κ3) is 6.98. The quantitative estimate of drug-likeness (QED) is 0.140. The Bertz CT molecular complexity index is 4520. The number of benzene rings is 11. The van der Waals surface area contributed by atoms with Crippen molar-refractivity contribution in [3.8, 4) is 61.3 Å². The Balaban J connectivity index is 0.823. The van der Waals surface area contributed by atoms with Crippen LogP contribution in [0.25, 0.3) is 88.7 Å². The Morgan fingerprint density at radius 3 is 1.40 bits per heavy atom. The summed E-state index contributed by atoms with van der Waals surface area (Å²) < 4.78 is 2.39. The van der Waals surface area contributed by atoms with Gasteiger partial charge in [0.2, 0.25) is 0 Å². The van der Waals surface area contributed by atoms with E-state index in [2.05, 4.69) is 311 Å². The molecule has 1 heterocycles. The van der Waals surface area contributed by atoms with Gasteiger partial charge < -0.3 is 9.47 Å². The number of aryl methyl sites for hydroxylation is 1. The second kappa shape index (κ2) is 18.2. The van der Waals surface area contributed by atoms with Gasteiger partial charge in [0.25, 0.3) is 0 Å². The maximum Gasteiger partial charge on any atom is 0.0725 e. The molecule has 0 aliphatic heterocycles. The van der Waals surface area contributed by atoms with Crippen LogP contribution in [0.3, 0.4) is 0 Å². The van der Waals surface area contributed by atoms with Gasteiger partial charge in [-0.1, -0.05) is 208 Å². The van der Waals surface area contributed by atoms with Crippen LogP contribution in [0.5, 0.6) is 0 Å². The first kappa shape index (κ1) is 47.5. The van der Waals surface area contributed by atoms with Crippen LogP contribution in [0.2, 0.25) is 0 Å². The standard InChI is InChI=1S/C78H58N2/c1-6-17-70-61(7-2)65-42-33-56(49-74(65)78(70)71-24-15-12-21-63(71)64-22-13-16-25-72(64)78)53-31-40-60(41-32-53)79(59-38-29-52(30-39-59)55-34-43-66-62-20-11-14-23-69(62)77(4,5)73(66)48-55)58-36-27-51(28-37-58)54-35-45-76-68(47-54)67-46-50(3)26-44-75(67)80(76)57-18-9-8-10-19-57/h6-49H,2H2,1,3-5H3/b17-6-. The Kier molecular flexibility index (Phi) is 10.8. The van der Waals surface area contributed by atoms with Gasteiger partial charge in [0.05, 0.1) is 16.4 Å². The topological polar surface area (TPSA) is 8.17 Å². The molecule has 0 bridgehead atoms. The molecule has 380 valence electrons. The van der Waals surface area contributed by atoms with Crippen molar-refractivity contribution >= 4 is 44.4 Å². The largest absolute Gasteiger partial charge is 0.311 e. The average Bonchev–Trinajstić information content (AvgIpc) is 4.30. The minimum Gasteiger partial charge on any atom is -0.311 e. The highest BCUT2D eigenvalue weighted by molar-refractivity contribution is 6.11. The third-order valence-corrected chi connectivity index (χ3v) is 17.8. The van der Waals surface area contributed by atoms with Crippen LogP contribution < -0.4 is 4.90 Å². The lowest BCUT2D eigenvalue weighted by molar-refractivity contribution is 0.660. The van der Waals surface area contributed by atoms with Crippen molar-refractivity contribution in [3.05, 3.63) is 318 Å². The highest BCUT2D eigenvalue weighted by Crippen LogP contribution is 2.63. The van der Waals surface area contributed by atoms with Crippen molar-refractivity contribution < 1.29 is 0 Å². The summed E-state index contributed by atoms with van der Waals surface area (Å²) in [5.74, 6) is 0. The maximum atomic E-state index is 4.40. The first-order valence-corrected chi connectivity index (χ1v) is 28.0. The van der Waals surface area contributed by atoms with E-state index in [1.54, 1.807) is 0 Å². The first-order valence-electron chi connectivity index (χ1n) is 28.0. The van der Waals surface area contributed by atoms with Crippen LogP contribution >= 0.6 is 0 Å². The molecule has 2 heteroatoms. The lowest BCUT2D eigenvalue weighted by atomic mass is 9.69. The zero-order valence-electron chi connectivity index (χ0n) is 45.5. The summed E-state index contributed by atoms with van der Waals surface area (Å²) >= 11 is 0. The number of rotatable bonds is 9. The molecule has 0 saturated carbocycles. The van der Waals surface area contributed by atoms with Gasteiger partial charge in [0, 0.05) is 38.9 Å². The van der Waals surface area contributed by atoms with Crippen LogP contribution in [0, 0.1) is 6.92 Å². The van der Waals surface area contributed by atoms with Crippen LogP contribution in [-0.4, -0.2) is 4.57 Å². The highest BCUT2D eigenvalue weighted by atomic mass is 15.1. The van der Waals surface area contributed by atoms with E-state index < -0.39 is 5.41 Å². The molecule has 1 aromatic heterocycles. The van der Waals surface area contributed by atoms with Crippen molar-refractivity contribution in [2.45, 2.75) is 38.5 Å². The second-order valence-corrected chi connectivity index (χ2v) is 22.5. The van der Waals surface area contributed by atoms with Gasteiger partial charge >= 0.3 is 0 Å². The van der Waals surface area contributed by atoms with E-state index in [4.69, 9.17) is 0 Å². The first-order chi connectivity index (χ1) is 39.2. The van der Waals surface area contributed by atoms with Gasteiger partial charge in [-0.15, -0.1) is 0 Å². The normalized spacial score (nSPS) is 14.2. The van der Waals surface area contributed by atoms with E-state index in [1.807, 2.05) is 0 Å². The van der Waals surface area contributed by atoms with Crippen molar-refractivity contribution in [2.75, 3.05) is 4.90 Å². The Hall–Kier alpha value is -9.76. The Labute approximate surface area is 469 Å². The number of hydrogen-bond donors (Lipinski definition) is 0. The number of hydrogen-bond acceptors (Lipinski definition) is 1. The van der Waals surface area contributed by atoms with Gasteiger partial charge in [-0.3, -0.25) is 0 Å². The van der Waals surface area contributed by atoms with Gasteiger partial charge in [-0.05, 0) is 199 Å². The van der Waals surface area contributed by atoms with Gasteiger partial charge in [-0.2, -0.15) is 0 Å². The van der Waals surface area contributed by atoms with Crippen LogP contribution in [-0.2, 0) is 10.8 Å². The van der Waals surface area contributed by atoms with E-state index in [-0.39, 0.29) is 5.41 Å². The molecule has 0 atom stereocenters. The molecule has 0 saturated heterocycles. The molecule has 0 fully saturated rings. The monoisotopic (exact) mass is 1020 g/mol. The van der Waals surface area contributed by atoms with Crippen molar-refractivity contribution in [1.29, 1.82) is 0 Å². The van der Waals surface area contributed by atoms with Gasteiger partial charge in [0.15, 0.2) is 0 Å². The lowest BCUT2D eigenvalue weighted by Gasteiger charge is -2.32. The van der Waals surface area contributed by atoms with E-state index in [1.165, 1.54) is 122 Å². The zero-order valence-corrected chi connectivity index (χ0v) is 45.5. The molecule has 11 aromatic carbocycles. The summed E-state index contributed by atoms with van der Waals surface area (Å²) in [5.41, 5.74) is 30.4. The summed E-state index contributed by atoms with van der Waals surface area (Å²) in [6.45, 7) is 13.4. The van der Waals surface area contributed by atoms with Crippen molar-refractivity contribution in [3.63, 3.8) is 0 Å². The summed E-state index contributed by atoms with van der Waals surface area (Å²) in [6, 6.07) is 92.9. The van der Waals surface area contributed by atoms with E-state index in [0.717, 1.165) is 28.3 Å². The fraction of sp³-hybridized carbons (Fsp3) is 0.0769. The number of aromatic nitrogens is 1. The van der Waals surface area contributed by atoms with Crippen LogP contribution in [0.1, 0.15) is 59.7 Å². The lowest BCUT2D eigenvalue weighted by Crippen LogP contribution is -2.26. The summed E-state index contributed by atoms with van der Waals surface area (Å²) in [5, 5.41) is 2.51. The minimum atomic E-state index is -0.462. The predicted molar refractivity (Wildman–Crippen MR) is 338 cm³/mol. The summed E-state index contributed by atoms with van der Waals surface area (Å²) in [7, 11) is 0. The molecule has 0 amide bonds. The Morgan fingerprint density at radius 1 is 0.400 bits per heavy atom.